The van der Waals surface area contributed by atoms with Crippen molar-refractivity contribution in [3.05, 3.63) is 29.3 Å². The molecule has 1 amide bonds. The number of benzene rings is 1. The Labute approximate surface area is 150 Å². The van der Waals surface area contributed by atoms with E-state index in [1.807, 2.05) is 25.1 Å². The van der Waals surface area contributed by atoms with Crippen molar-refractivity contribution in [1.29, 1.82) is 0 Å². The zero-order chi connectivity index (χ0) is 18.1. The minimum atomic E-state index is -0.443. The second kappa shape index (κ2) is 9.75. The van der Waals surface area contributed by atoms with Crippen LogP contribution in [0.5, 0.6) is 5.75 Å². The predicted molar refractivity (Wildman–Crippen MR) is 96.8 cm³/mol. The van der Waals surface area contributed by atoms with E-state index in [4.69, 9.17) is 14.2 Å². The molecule has 1 aromatic carbocycles. The van der Waals surface area contributed by atoms with Crippen LogP contribution in [-0.2, 0) is 20.8 Å². The summed E-state index contributed by atoms with van der Waals surface area (Å²) in [6.07, 6.45) is 1.58. The summed E-state index contributed by atoms with van der Waals surface area (Å²) < 4.78 is 16.2. The van der Waals surface area contributed by atoms with Crippen LogP contribution >= 0.6 is 0 Å². The molecule has 0 atom stereocenters. The summed E-state index contributed by atoms with van der Waals surface area (Å²) in [5.74, 6) is 0.850. The first-order valence-electron chi connectivity index (χ1n) is 8.80. The molecule has 25 heavy (non-hydrogen) atoms. The molecule has 1 aliphatic heterocycles. The highest BCUT2D eigenvalue weighted by molar-refractivity contribution is 5.83. The largest absolute Gasteiger partial charge is 0.491 e. The van der Waals surface area contributed by atoms with Crippen molar-refractivity contribution in [2.24, 2.45) is 5.41 Å². The summed E-state index contributed by atoms with van der Waals surface area (Å²) in [6, 6.07) is 6.02. The van der Waals surface area contributed by atoms with Crippen molar-refractivity contribution in [2.45, 2.75) is 26.3 Å². The van der Waals surface area contributed by atoms with Crippen LogP contribution in [0.2, 0.25) is 0 Å². The second-order valence-electron chi connectivity index (χ2n) is 6.60. The number of hydrogen-bond donors (Lipinski definition) is 2. The maximum atomic E-state index is 12.8. The molecule has 0 spiro atoms. The standard InChI is InChI=1S/C19H30N2O4/c1-15-4-5-16(17(12-15)25-11-10-23-2)13-21-18(22)19(14-24-3)6-8-20-9-7-19/h4-5,12,20H,6-11,13-14H2,1-3H3,(H,21,22). The molecule has 1 aromatic rings. The van der Waals surface area contributed by atoms with Crippen molar-refractivity contribution in [2.75, 3.05) is 47.1 Å². The Morgan fingerprint density at radius 1 is 1.20 bits per heavy atom. The van der Waals surface area contributed by atoms with Gasteiger partial charge in [0.05, 0.1) is 18.6 Å². The third kappa shape index (κ3) is 5.42. The van der Waals surface area contributed by atoms with Crippen LogP contribution in [0.15, 0.2) is 18.2 Å². The Morgan fingerprint density at radius 2 is 1.96 bits per heavy atom. The van der Waals surface area contributed by atoms with Gasteiger partial charge in [-0.3, -0.25) is 4.79 Å². The third-order valence-corrected chi connectivity index (χ3v) is 4.67. The molecule has 0 aliphatic carbocycles. The van der Waals surface area contributed by atoms with E-state index < -0.39 is 5.41 Å². The van der Waals surface area contributed by atoms with E-state index in [2.05, 4.69) is 10.6 Å². The molecular weight excluding hydrogens is 320 g/mol. The van der Waals surface area contributed by atoms with Gasteiger partial charge < -0.3 is 24.8 Å². The highest BCUT2D eigenvalue weighted by Crippen LogP contribution is 2.30. The highest BCUT2D eigenvalue weighted by atomic mass is 16.5. The fourth-order valence-electron chi connectivity index (χ4n) is 3.16. The number of ether oxygens (including phenoxy) is 3. The summed E-state index contributed by atoms with van der Waals surface area (Å²) in [5.41, 5.74) is 1.65. The quantitative estimate of drug-likeness (QED) is 0.663. The number of amides is 1. The van der Waals surface area contributed by atoms with Gasteiger partial charge in [0.1, 0.15) is 12.4 Å². The van der Waals surface area contributed by atoms with Crippen LogP contribution in [0.3, 0.4) is 0 Å². The Hall–Kier alpha value is -1.63. The van der Waals surface area contributed by atoms with Gasteiger partial charge in [0.25, 0.3) is 0 Å². The molecular formula is C19H30N2O4. The van der Waals surface area contributed by atoms with Crippen LogP contribution in [-0.4, -0.2) is 53.0 Å². The molecule has 0 unspecified atom stereocenters. The van der Waals surface area contributed by atoms with E-state index >= 15 is 0 Å². The smallest absolute Gasteiger partial charge is 0.228 e. The Bertz CT molecular complexity index is 551. The topological polar surface area (TPSA) is 68.8 Å². The average Bonchev–Trinajstić information content (AvgIpc) is 2.62. The molecule has 6 heteroatoms. The molecule has 1 aliphatic rings. The van der Waals surface area contributed by atoms with Crippen LogP contribution in [0, 0.1) is 12.3 Å². The number of carbonyl (C=O) groups is 1. The zero-order valence-electron chi connectivity index (χ0n) is 15.5. The third-order valence-electron chi connectivity index (χ3n) is 4.67. The second-order valence-corrected chi connectivity index (χ2v) is 6.60. The van der Waals surface area contributed by atoms with E-state index in [1.165, 1.54) is 0 Å². The number of rotatable bonds is 9. The predicted octanol–water partition coefficient (Wildman–Crippen LogP) is 1.65. The van der Waals surface area contributed by atoms with Gasteiger partial charge in [-0.05, 0) is 44.5 Å². The van der Waals surface area contributed by atoms with Crippen molar-refractivity contribution < 1.29 is 19.0 Å². The summed E-state index contributed by atoms with van der Waals surface area (Å²) >= 11 is 0. The molecule has 0 saturated carbocycles. The van der Waals surface area contributed by atoms with Crippen LogP contribution in [0.4, 0.5) is 0 Å². The lowest BCUT2D eigenvalue weighted by molar-refractivity contribution is -0.136. The molecule has 0 bridgehead atoms. The molecule has 0 aromatic heterocycles. The number of methoxy groups -OCH3 is 2. The summed E-state index contributed by atoms with van der Waals surface area (Å²) in [5, 5.41) is 6.39. The minimum absolute atomic E-state index is 0.0549. The van der Waals surface area contributed by atoms with Crippen LogP contribution < -0.4 is 15.4 Å². The molecule has 0 radical (unpaired) electrons. The number of hydrogen-bond acceptors (Lipinski definition) is 5. The number of piperidine rings is 1. The van der Waals surface area contributed by atoms with E-state index in [0.29, 0.717) is 26.4 Å². The zero-order valence-corrected chi connectivity index (χ0v) is 15.5. The lowest BCUT2D eigenvalue weighted by Gasteiger charge is -2.35. The summed E-state index contributed by atoms with van der Waals surface area (Å²) in [7, 11) is 3.30. The lowest BCUT2D eigenvalue weighted by Crippen LogP contribution is -2.50. The van der Waals surface area contributed by atoms with Crippen LogP contribution in [0.1, 0.15) is 24.0 Å². The van der Waals surface area contributed by atoms with Gasteiger partial charge in [-0.15, -0.1) is 0 Å². The van der Waals surface area contributed by atoms with Crippen molar-refractivity contribution in [1.82, 2.24) is 10.6 Å². The molecule has 1 saturated heterocycles. The lowest BCUT2D eigenvalue weighted by atomic mass is 9.78. The molecule has 140 valence electrons. The fraction of sp³-hybridized carbons (Fsp3) is 0.632. The molecule has 2 N–H and O–H groups in total. The van der Waals surface area contributed by atoms with E-state index in [9.17, 15) is 4.79 Å². The number of nitrogens with one attached hydrogen (secondary N) is 2. The van der Waals surface area contributed by atoms with Gasteiger partial charge in [-0.2, -0.15) is 0 Å². The monoisotopic (exact) mass is 350 g/mol. The van der Waals surface area contributed by atoms with Gasteiger partial charge in [0.2, 0.25) is 5.91 Å². The van der Waals surface area contributed by atoms with E-state index in [1.54, 1.807) is 14.2 Å². The van der Waals surface area contributed by atoms with E-state index in [0.717, 1.165) is 42.8 Å². The van der Waals surface area contributed by atoms with Gasteiger partial charge in [-0.25, -0.2) is 0 Å². The highest BCUT2D eigenvalue weighted by Gasteiger charge is 2.39. The average molecular weight is 350 g/mol. The summed E-state index contributed by atoms with van der Waals surface area (Å²) in [6.45, 7) is 5.61. The normalized spacial score (nSPS) is 16.4. The molecule has 2 rings (SSSR count). The van der Waals surface area contributed by atoms with Gasteiger partial charge >= 0.3 is 0 Å². The van der Waals surface area contributed by atoms with Crippen molar-refractivity contribution >= 4 is 5.91 Å². The van der Waals surface area contributed by atoms with Crippen molar-refractivity contribution in [3.63, 3.8) is 0 Å². The Balaban J connectivity index is 2.02. The maximum absolute atomic E-state index is 12.8. The fourth-order valence-corrected chi connectivity index (χ4v) is 3.16. The first kappa shape index (κ1) is 19.7. The van der Waals surface area contributed by atoms with Crippen molar-refractivity contribution in [3.8, 4) is 5.75 Å². The maximum Gasteiger partial charge on any atom is 0.228 e. The minimum Gasteiger partial charge on any atom is -0.491 e. The van der Waals surface area contributed by atoms with Crippen LogP contribution in [0.25, 0.3) is 0 Å². The van der Waals surface area contributed by atoms with Gasteiger partial charge in [0.15, 0.2) is 0 Å². The van der Waals surface area contributed by atoms with Gasteiger partial charge in [-0.1, -0.05) is 12.1 Å². The number of carbonyl (C=O) groups excluding carboxylic acids is 1. The molecule has 1 heterocycles. The Morgan fingerprint density at radius 3 is 2.64 bits per heavy atom. The first-order valence-corrected chi connectivity index (χ1v) is 8.80. The first-order chi connectivity index (χ1) is 12.1. The summed E-state index contributed by atoms with van der Waals surface area (Å²) in [4.78, 5) is 12.8. The van der Waals surface area contributed by atoms with Gasteiger partial charge in [0, 0.05) is 26.3 Å². The van der Waals surface area contributed by atoms with E-state index in [-0.39, 0.29) is 5.91 Å². The molecule has 1 fully saturated rings. The molecule has 6 nitrogen and oxygen atoms in total. The number of aryl methyl sites for hydroxylation is 1. The Kier molecular flexibility index (Phi) is 7.68. The SMILES string of the molecule is COCCOc1cc(C)ccc1CNC(=O)C1(COC)CCNCC1.